The molecule has 1 amide bonds. The van der Waals surface area contributed by atoms with E-state index in [9.17, 15) is 4.79 Å². The average Bonchev–Trinajstić information content (AvgIpc) is 2.33. The van der Waals surface area contributed by atoms with E-state index < -0.39 is 11.7 Å². The number of hydrogen-bond acceptors (Lipinski definition) is 4. The van der Waals surface area contributed by atoms with Gasteiger partial charge in [0.1, 0.15) is 0 Å². The van der Waals surface area contributed by atoms with Gasteiger partial charge in [-0.1, -0.05) is 13.8 Å². The molecule has 1 unspecified atom stereocenters. The average molecular weight is 246 g/mol. The van der Waals surface area contributed by atoms with E-state index in [1.54, 1.807) is 14.2 Å². The van der Waals surface area contributed by atoms with Gasteiger partial charge in [-0.05, 0) is 19.8 Å². The van der Waals surface area contributed by atoms with Gasteiger partial charge in [0, 0.05) is 20.8 Å². The minimum Gasteiger partial charge on any atom is -0.354 e. The molecule has 0 aromatic heterocycles. The van der Waals surface area contributed by atoms with Crippen LogP contribution in [0.2, 0.25) is 0 Å². The minimum atomic E-state index is -0.486. The lowest BCUT2D eigenvalue weighted by atomic mass is 9.81. The Kier molecular flexibility index (Phi) is 7.34. The molecule has 0 aromatic rings. The molecule has 0 aliphatic heterocycles. The van der Waals surface area contributed by atoms with Crippen LogP contribution in [0.15, 0.2) is 0 Å². The molecule has 1 atom stereocenters. The minimum absolute atomic E-state index is 0.0309. The summed E-state index contributed by atoms with van der Waals surface area (Å²) in [6, 6.07) is -0.207. The fraction of sp³-hybridized carbons (Fsp3) is 0.917. The molecule has 0 saturated heterocycles. The van der Waals surface area contributed by atoms with Crippen LogP contribution >= 0.6 is 0 Å². The summed E-state index contributed by atoms with van der Waals surface area (Å²) in [5, 5.41) is 2.91. The van der Waals surface area contributed by atoms with Crippen LogP contribution in [0.3, 0.4) is 0 Å². The highest BCUT2D eigenvalue weighted by Crippen LogP contribution is 2.25. The van der Waals surface area contributed by atoms with Gasteiger partial charge in [0.15, 0.2) is 6.29 Å². The van der Waals surface area contributed by atoms with Gasteiger partial charge in [-0.15, -0.1) is 0 Å². The summed E-state index contributed by atoms with van der Waals surface area (Å²) in [5.41, 5.74) is 5.24. The van der Waals surface area contributed by atoms with Crippen molar-refractivity contribution in [3.8, 4) is 0 Å². The second kappa shape index (κ2) is 7.63. The smallest absolute Gasteiger partial charge is 0.227 e. The van der Waals surface area contributed by atoms with Gasteiger partial charge < -0.3 is 20.5 Å². The Morgan fingerprint density at radius 2 is 1.76 bits per heavy atom. The topological polar surface area (TPSA) is 73.6 Å². The first-order valence-corrected chi connectivity index (χ1v) is 6.07. The van der Waals surface area contributed by atoms with Crippen LogP contribution in [0, 0.1) is 5.41 Å². The summed E-state index contributed by atoms with van der Waals surface area (Å²) >= 11 is 0. The van der Waals surface area contributed by atoms with E-state index in [0.29, 0.717) is 6.54 Å². The van der Waals surface area contributed by atoms with Gasteiger partial charge >= 0.3 is 0 Å². The summed E-state index contributed by atoms with van der Waals surface area (Å²) in [7, 11) is 3.10. The summed E-state index contributed by atoms with van der Waals surface area (Å²) in [4.78, 5) is 12.2. The van der Waals surface area contributed by atoms with Gasteiger partial charge in [0.2, 0.25) is 5.91 Å². The van der Waals surface area contributed by atoms with Crippen molar-refractivity contribution in [2.75, 3.05) is 20.8 Å². The van der Waals surface area contributed by atoms with E-state index >= 15 is 0 Å². The highest BCUT2D eigenvalue weighted by molar-refractivity contribution is 5.83. The standard InChI is InChI=1S/C12H26N2O3/c1-6-12(7-2,8-13)11(15)14-9(3)10(16-4)17-5/h9-10H,6-8,13H2,1-5H3,(H,14,15). The Balaban J connectivity index is 4.61. The fourth-order valence-electron chi connectivity index (χ4n) is 1.88. The van der Waals surface area contributed by atoms with Crippen molar-refractivity contribution in [3.63, 3.8) is 0 Å². The molecule has 0 radical (unpaired) electrons. The third-order valence-corrected chi connectivity index (χ3v) is 3.46. The van der Waals surface area contributed by atoms with Gasteiger partial charge in [-0.2, -0.15) is 0 Å². The predicted molar refractivity (Wildman–Crippen MR) is 67.5 cm³/mol. The molecule has 0 saturated carbocycles. The number of nitrogens with two attached hydrogens (primary N) is 1. The largest absolute Gasteiger partial charge is 0.354 e. The van der Waals surface area contributed by atoms with Crippen molar-refractivity contribution < 1.29 is 14.3 Å². The normalized spacial score (nSPS) is 13.8. The molecule has 17 heavy (non-hydrogen) atoms. The molecule has 0 bridgehead atoms. The third kappa shape index (κ3) is 3.94. The molecule has 0 rings (SSSR count). The van der Waals surface area contributed by atoms with Gasteiger partial charge in [-0.25, -0.2) is 0 Å². The van der Waals surface area contributed by atoms with Crippen LogP contribution in [0.4, 0.5) is 0 Å². The van der Waals surface area contributed by atoms with Gasteiger partial charge in [0.05, 0.1) is 11.5 Å². The number of carbonyl (C=O) groups excluding carboxylic acids is 1. The van der Waals surface area contributed by atoms with Crippen LogP contribution < -0.4 is 11.1 Å². The monoisotopic (exact) mass is 246 g/mol. The highest BCUT2D eigenvalue weighted by Gasteiger charge is 2.35. The maximum atomic E-state index is 12.2. The van der Waals surface area contributed by atoms with E-state index in [0.717, 1.165) is 12.8 Å². The number of carbonyl (C=O) groups is 1. The van der Waals surface area contributed by atoms with Crippen LogP contribution in [0.1, 0.15) is 33.6 Å². The third-order valence-electron chi connectivity index (χ3n) is 3.46. The summed E-state index contributed by atoms with van der Waals surface area (Å²) in [6.07, 6.45) is 1.01. The van der Waals surface area contributed by atoms with Gasteiger partial charge in [0.25, 0.3) is 0 Å². The zero-order valence-electron chi connectivity index (χ0n) is 11.6. The zero-order chi connectivity index (χ0) is 13.5. The number of amides is 1. The Hall–Kier alpha value is -0.650. The van der Waals surface area contributed by atoms with Crippen LogP contribution in [0.5, 0.6) is 0 Å². The van der Waals surface area contributed by atoms with Crippen molar-refractivity contribution in [1.29, 1.82) is 0 Å². The van der Waals surface area contributed by atoms with Crippen molar-refractivity contribution in [1.82, 2.24) is 5.32 Å². The second-order valence-electron chi connectivity index (χ2n) is 4.29. The van der Waals surface area contributed by atoms with E-state index in [4.69, 9.17) is 15.2 Å². The Morgan fingerprint density at radius 1 is 1.29 bits per heavy atom. The molecular weight excluding hydrogens is 220 g/mol. The van der Waals surface area contributed by atoms with Crippen molar-refractivity contribution >= 4 is 5.91 Å². The van der Waals surface area contributed by atoms with Crippen molar-refractivity contribution in [2.24, 2.45) is 11.1 Å². The Bertz CT molecular complexity index is 218. The number of ether oxygens (including phenoxy) is 2. The first-order chi connectivity index (χ1) is 8.01. The Labute approximate surface area is 104 Å². The summed E-state index contributed by atoms with van der Waals surface area (Å²) in [6.45, 7) is 6.15. The Morgan fingerprint density at radius 3 is 2.06 bits per heavy atom. The van der Waals surface area contributed by atoms with E-state index in [-0.39, 0.29) is 11.9 Å². The number of hydrogen-bond donors (Lipinski definition) is 2. The van der Waals surface area contributed by atoms with E-state index in [2.05, 4.69) is 5.32 Å². The van der Waals surface area contributed by atoms with Crippen LogP contribution in [-0.2, 0) is 14.3 Å². The predicted octanol–water partition coefficient (Wildman–Crippen LogP) is 0.875. The lowest BCUT2D eigenvalue weighted by molar-refractivity contribution is -0.143. The molecule has 0 heterocycles. The maximum absolute atomic E-state index is 12.2. The first kappa shape index (κ1) is 16.4. The quantitative estimate of drug-likeness (QED) is 0.623. The molecular formula is C12H26N2O3. The van der Waals surface area contributed by atoms with Crippen molar-refractivity contribution in [3.05, 3.63) is 0 Å². The lowest BCUT2D eigenvalue weighted by Gasteiger charge is -2.31. The maximum Gasteiger partial charge on any atom is 0.227 e. The number of rotatable bonds is 8. The summed E-state index contributed by atoms with van der Waals surface area (Å²) < 4.78 is 10.2. The SMILES string of the molecule is CCC(CC)(CN)C(=O)NC(C)C(OC)OC. The van der Waals surface area contributed by atoms with E-state index in [1.807, 2.05) is 20.8 Å². The molecule has 0 aliphatic rings. The zero-order valence-corrected chi connectivity index (χ0v) is 11.6. The molecule has 3 N–H and O–H groups in total. The second-order valence-corrected chi connectivity index (χ2v) is 4.29. The van der Waals surface area contributed by atoms with Crippen molar-refractivity contribution in [2.45, 2.75) is 45.9 Å². The van der Waals surface area contributed by atoms with E-state index in [1.165, 1.54) is 0 Å². The molecule has 0 aromatic carbocycles. The highest BCUT2D eigenvalue weighted by atomic mass is 16.7. The molecule has 0 fully saturated rings. The fourth-order valence-corrected chi connectivity index (χ4v) is 1.88. The molecule has 5 heteroatoms. The molecule has 102 valence electrons. The van der Waals surface area contributed by atoms with Crippen LogP contribution in [0.25, 0.3) is 0 Å². The number of methoxy groups -OCH3 is 2. The number of nitrogens with one attached hydrogen (secondary N) is 1. The lowest BCUT2D eigenvalue weighted by Crippen LogP contribution is -2.51. The molecule has 0 aliphatic carbocycles. The molecule has 0 spiro atoms. The summed E-state index contributed by atoms with van der Waals surface area (Å²) in [5.74, 6) is -0.0309. The van der Waals surface area contributed by atoms with Gasteiger partial charge in [-0.3, -0.25) is 4.79 Å². The van der Waals surface area contributed by atoms with Crippen LogP contribution in [-0.4, -0.2) is 39.0 Å². The first-order valence-electron chi connectivity index (χ1n) is 6.07. The molecule has 5 nitrogen and oxygen atoms in total.